The van der Waals surface area contributed by atoms with Crippen LogP contribution in [0.25, 0.3) is 0 Å². The fraction of sp³-hybridized carbons (Fsp3) is 0.375. The predicted octanol–water partition coefficient (Wildman–Crippen LogP) is 0.449. The molecule has 66 valence electrons. The van der Waals surface area contributed by atoms with E-state index in [0.29, 0.717) is 5.76 Å². The van der Waals surface area contributed by atoms with Gasteiger partial charge in [-0.25, -0.2) is 0 Å². The van der Waals surface area contributed by atoms with Crippen LogP contribution < -0.4 is 10.2 Å². The zero-order valence-corrected chi connectivity index (χ0v) is 6.96. The molecule has 0 spiro atoms. The van der Waals surface area contributed by atoms with Gasteiger partial charge in [-0.1, -0.05) is 0 Å². The molecule has 0 aliphatic heterocycles. The second-order valence-corrected chi connectivity index (χ2v) is 2.33. The molecule has 0 aliphatic rings. The summed E-state index contributed by atoms with van der Waals surface area (Å²) >= 11 is 0. The zero-order valence-electron chi connectivity index (χ0n) is 6.96. The van der Waals surface area contributed by atoms with Crippen molar-refractivity contribution in [3.63, 3.8) is 0 Å². The molecule has 0 aliphatic carbocycles. The molecule has 0 saturated carbocycles. The van der Waals surface area contributed by atoms with Gasteiger partial charge in [-0.2, -0.15) is 0 Å². The van der Waals surface area contributed by atoms with Crippen LogP contribution in [0.2, 0.25) is 0 Å². The van der Waals surface area contributed by atoms with Crippen molar-refractivity contribution < 1.29 is 14.3 Å². The minimum atomic E-state index is -0.307. The van der Waals surface area contributed by atoms with Crippen molar-refractivity contribution in [2.75, 3.05) is 7.11 Å². The summed E-state index contributed by atoms with van der Waals surface area (Å²) in [7, 11) is 1.41. The minimum Gasteiger partial charge on any atom is -0.468 e. The van der Waals surface area contributed by atoms with E-state index >= 15 is 0 Å². The first kappa shape index (κ1) is 8.80. The van der Waals surface area contributed by atoms with Gasteiger partial charge in [0, 0.05) is 0 Å². The van der Waals surface area contributed by atoms with E-state index in [4.69, 9.17) is 14.3 Å². The number of hydrogen-bond acceptors (Lipinski definition) is 4. The summed E-state index contributed by atoms with van der Waals surface area (Å²) in [6.07, 6.45) is 0. The van der Waals surface area contributed by atoms with Gasteiger partial charge in [0.2, 0.25) is 0 Å². The fourth-order valence-electron chi connectivity index (χ4n) is 0.899. The Hall–Kier alpha value is -1.29. The fourth-order valence-corrected chi connectivity index (χ4v) is 0.899. The summed E-state index contributed by atoms with van der Waals surface area (Å²) in [6, 6.07) is 1.21. The molecule has 0 unspecified atom stereocenters. The monoisotopic (exact) mass is 170 g/mol. The molecule has 12 heavy (non-hydrogen) atoms. The lowest BCUT2D eigenvalue weighted by Gasteiger charge is -2.02. The second kappa shape index (κ2) is 3.40. The van der Waals surface area contributed by atoms with Crippen molar-refractivity contribution in [3.05, 3.63) is 27.6 Å². The number of rotatable bonds is 2. The highest BCUT2D eigenvalue weighted by Crippen LogP contribution is 2.12. The average molecular weight is 170 g/mol. The van der Waals surface area contributed by atoms with E-state index in [-0.39, 0.29) is 23.5 Å². The largest absolute Gasteiger partial charge is 0.468 e. The third-order valence-corrected chi connectivity index (χ3v) is 1.58. The number of aliphatic hydroxyl groups excluding tert-OH is 1. The third-order valence-electron chi connectivity index (χ3n) is 1.58. The molecule has 4 nitrogen and oxygen atoms in total. The first-order chi connectivity index (χ1) is 5.69. The maximum atomic E-state index is 11.2. The van der Waals surface area contributed by atoms with Gasteiger partial charge in [-0.15, -0.1) is 0 Å². The number of aryl methyl sites for hydroxylation is 1. The molecule has 0 bridgehead atoms. The van der Waals surface area contributed by atoms with Gasteiger partial charge in [-0.05, 0) is 6.92 Å². The summed E-state index contributed by atoms with van der Waals surface area (Å²) in [4.78, 5) is 11.2. The smallest absolute Gasteiger partial charge is 0.288 e. The third kappa shape index (κ3) is 1.48. The average Bonchev–Trinajstić information content (AvgIpc) is 2.03. The topological polar surface area (TPSA) is 59.7 Å². The summed E-state index contributed by atoms with van der Waals surface area (Å²) in [5.41, 5.74) is 0.00824. The molecule has 1 N–H and O–H groups in total. The van der Waals surface area contributed by atoms with E-state index in [9.17, 15) is 4.79 Å². The van der Waals surface area contributed by atoms with Crippen LogP contribution >= 0.6 is 0 Å². The number of aliphatic hydroxyl groups is 1. The van der Waals surface area contributed by atoms with E-state index in [1.165, 1.54) is 13.2 Å². The molecule has 0 atom stereocenters. The van der Waals surface area contributed by atoms with Gasteiger partial charge in [-0.3, -0.25) is 4.79 Å². The molecule has 1 heterocycles. The summed E-state index contributed by atoms with van der Waals surface area (Å²) in [5, 5.41) is 8.76. The lowest BCUT2D eigenvalue weighted by atomic mass is 10.2. The Labute approximate surface area is 69.4 Å². The van der Waals surface area contributed by atoms with Gasteiger partial charge in [0.05, 0.1) is 25.3 Å². The molecule has 0 amide bonds. The van der Waals surface area contributed by atoms with Gasteiger partial charge >= 0.3 is 0 Å². The van der Waals surface area contributed by atoms with Crippen molar-refractivity contribution in [2.45, 2.75) is 13.5 Å². The molecular formula is C8H10O4. The highest BCUT2D eigenvalue weighted by Gasteiger charge is 2.06. The molecule has 4 heteroatoms. The van der Waals surface area contributed by atoms with Crippen molar-refractivity contribution >= 4 is 0 Å². The van der Waals surface area contributed by atoms with Crippen molar-refractivity contribution in [1.29, 1.82) is 0 Å². The van der Waals surface area contributed by atoms with E-state index in [1.807, 2.05) is 0 Å². The first-order valence-electron chi connectivity index (χ1n) is 3.47. The van der Waals surface area contributed by atoms with Crippen LogP contribution in [0.4, 0.5) is 0 Å². The zero-order chi connectivity index (χ0) is 9.14. The summed E-state index contributed by atoms with van der Waals surface area (Å²) in [5.74, 6) is 0.552. The van der Waals surface area contributed by atoms with Crippen molar-refractivity contribution in [1.82, 2.24) is 0 Å². The van der Waals surface area contributed by atoms with Crippen molar-refractivity contribution in [3.8, 4) is 5.95 Å². The van der Waals surface area contributed by atoms with Gasteiger partial charge in [0.25, 0.3) is 5.95 Å². The van der Waals surface area contributed by atoms with E-state index in [1.54, 1.807) is 6.92 Å². The van der Waals surface area contributed by atoms with Crippen LogP contribution in [0, 0.1) is 6.92 Å². The molecular weight excluding hydrogens is 160 g/mol. The van der Waals surface area contributed by atoms with Crippen LogP contribution in [0.3, 0.4) is 0 Å². The maximum Gasteiger partial charge on any atom is 0.288 e. The molecule has 0 saturated heterocycles. The standard InChI is InChI=1S/C8H10O4/c1-5-6(4-9)7(10)3-8(11-2)12-5/h3,9H,4H2,1-2H3. The van der Waals surface area contributed by atoms with Crippen LogP contribution in [0.5, 0.6) is 5.95 Å². The number of hydrogen-bond donors (Lipinski definition) is 1. The Morgan fingerprint density at radius 2 is 2.33 bits per heavy atom. The molecule has 0 aromatic carbocycles. The van der Waals surface area contributed by atoms with E-state index < -0.39 is 0 Å². The van der Waals surface area contributed by atoms with Gasteiger partial charge < -0.3 is 14.3 Å². The Morgan fingerprint density at radius 3 is 2.75 bits per heavy atom. The predicted molar refractivity (Wildman–Crippen MR) is 42.2 cm³/mol. The van der Waals surface area contributed by atoms with Crippen LogP contribution in [-0.2, 0) is 6.61 Å². The highest BCUT2D eigenvalue weighted by atomic mass is 16.6. The second-order valence-electron chi connectivity index (χ2n) is 2.33. The summed E-state index contributed by atoms with van der Waals surface area (Å²) in [6.45, 7) is 1.30. The molecule has 1 rings (SSSR count). The first-order valence-corrected chi connectivity index (χ1v) is 3.47. The van der Waals surface area contributed by atoms with Gasteiger partial charge in [0.1, 0.15) is 5.76 Å². The molecule has 0 radical (unpaired) electrons. The lowest BCUT2D eigenvalue weighted by Crippen LogP contribution is -2.09. The molecule has 1 aromatic heterocycles. The van der Waals surface area contributed by atoms with Gasteiger partial charge in [0.15, 0.2) is 5.43 Å². The Morgan fingerprint density at radius 1 is 1.67 bits per heavy atom. The lowest BCUT2D eigenvalue weighted by molar-refractivity contribution is 0.258. The number of ether oxygens (including phenoxy) is 1. The molecule has 0 fully saturated rings. The molecule has 1 aromatic rings. The Balaban J connectivity index is 3.28. The summed E-state index contributed by atoms with van der Waals surface area (Å²) < 4.78 is 9.77. The number of methoxy groups -OCH3 is 1. The van der Waals surface area contributed by atoms with E-state index in [2.05, 4.69) is 0 Å². The Bertz CT molecular complexity index is 326. The SMILES string of the molecule is COc1cc(=O)c(CO)c(C)o1. The van der Waals surface area contributed by atoms with Crippen molar-refractivity contribution in [2.24, 2.45) is 0 Å². The normalized spacial score (nSPS) is 9.92. The Kier molecular flexibility index (Phi) is 2.50. The van der Waals surface area contributed by atoms with E-state index in [0.717, 1.165) is 0 Å². The van der Waals surface area contributed by atoms with Crippen LogP contribution in [-0.4, -0.2) is 12.2 Å². The van der Waals surface area contributed by atoms with Crippen LogP contribution in [0.15, 0.2) is 15.3 Å². The van der Waals surface area contributed by atoms with Crippen LogP contribution in [0.1, 0.15) is 11.3 Å². The highest BCUT2D eigenvalue weighted by molar-refractivity contribution is 5.20. The maximum absolute atomic E-state index is 11.2. The minimum absolute atomic E-state index is 0.162. The quantitative estimate of drug-likeness (QED) is 0.700.